The van der Waals surface area contributed by atoms with Crippen LogP contribution in [0.1, 0.15) is 25.3 Å². The van der Waals surface area contributed by atoms with Gasteiger partial charge in [-0.1, -0.05) is 25.5 Å². The van der Waals surface area contributed by atoms with Crippen LogP contribution in [-0.4, -0.2) is 13.6 Å². The summed E-state index contributed by atoms with van der Waals surface area (Å²) in [5, 5.41) is 3.21. The Bertz CT molecular complexity index is 262. The number of halogens is 1. The van der Waals surface area contributed by atoms with E-state index < -0.39 is 0 Å². The minimum atomic E-state index is -0.153. The molecule has 0 fully saturated rings. The molecule has 1 unspecified atom stereocenters. The first kappa shape index (κ1) is 12.2. The Morgan fingerprint density at radius 3 is 2.47 bits per heavy atom. The molecular weight excluding hydrogens is 189 g/mol. The maximum Gasteiger partial charge on any atom is 0.123 e. The molecule has 0 aromatic heterocycles. The molecule has 0 bridgehead atoms. The maximum atomic E-state index is 12.7. The number of hydrogen-bond donors (Lipinski definition) is 1. The van der Waals surface area contributed by atoms with E-state index in [4.69, 9.17) is 0 Å². The summed E-state index contributed by atoms with van der Waals surface area (Å²) in [4.78, 5) is 0. The van der Waals surface area contributed by atoms with Gasteiger partial charge >= 0.3 is 0 Å². The van der Waals surface area contributed by atoms with Crippen LogP contribution < -0.4 is 5.32 Å². The summed E-state index contributed by atoms with van der Waals surface area (Å²) in [6.45, 7) is 3.23. The van der Waals surface area contributed by atoms with Crippen LogP contribution in [0.3, 0.4) is 0 Å². The summed E-state index contributed by atoms with van der Waals surface area (Å²) in [5.74, 6) is 0.505. The number of hydrogen-bond acceptors (Lipinski definition) is 1. The van der Waals surface area contributed by atoms with Crippen molar-refractivity contribution in [2.45, 2.75) is 26.2 Å². The van der Waals surface area contributed by atoms with Crippen LogP contribution in [0.2, 0.25) is 0 Å². The largest absolute Gasteiger partial charge is 0.319 e. The fourth-order valence-corrected chi connectivity index (χ4v) is 1.93. The topological polar surface area (TPSA) is 12.0 Å². The molecule has 0 spiro atoms. The molecule has 0 saturated heterocycles. The molecule has 1 nitrogen and oxygen atoms in total. The lowest BCUT2D eigenvalue weighted by Crippen LogP contribution is -2.20. The molecular formula is C13H20FN. The Hall–Kier alpha value is -0.890. The Labute approximate surface area is 91.7 Å². The fraction of sp³-hybridized carbons (Fsp3) is 0.538. The molecule has 0 saturated carbocycles. The van der Waals surface area contributed by atoms with Crippen molar-refractivity contribution in [2.24, 2.45) is 5.92 Å². The van der Waals surface area contributed by atoms with Crippen LogP contribution >= 0.6 is 0 Å². The predicted molar refractivity (Wildman–Crippen MR) is 62.4 cm³/mol. The van der Waals surface area contributed by atoms with Gasteiger partial charge in [0.15, 0.2) is 0 Å². The average molecular weight is 209 g/mol. The first-order chi connectivity index (χ1) is 7.26. The molecule has 0 aliphatic heterocycles. The van der Waals surface area contributed by atoms with Crippen molar-refractivity contribution in [3.63, 3.8) is 0 Å². The Morgan fingerprint density at radius 2 is 1.93 bits per heavy atom. The van der Waals surface area contributed by atoms with Crippen LogP contribution in [0.15, 0.2) is 24.3 Å². The third-order valence-electron chi connectivity index (χ3n) is 2.63. The molecule has 15 heavy (non-hydrogen) atoms. The van der Waals surface area contributed by atoms with E-state index in [0.29, 0.717) is 5.92 Å². The lowest BCUT2D eigenvalue weighted by molar-refractivity contribution is 0.455. The highest BCUT2D eigenvalue weighted by atomic mass is 19.1. The highest BCUT2D eigenvalue weighted by Gasteiger charge is 2.07. The number of nitrogens with one attached hydrogen (secondary N) is 1. The zero-order valence-electron chi connectivity index (χ0n) is 9.59. The predicted octanol–water partition coefficient (Wildman–Crippen LogP) is 3.00. The highest BCUT2D eigenvalue weighted by Crippen LogP contribution is 2.14. The van der Waals surface area contributed by atoms with E-state index in [1.807, 2.05) is 19.2 Å². The molecule has 1 atom stereocenters. The molecule has 0 heterocycles. The smallest absolute Gasteiger partial charge is 0.123 e. The molecule has 1 aromatic rings. The van der Waals surface area contributed by atoms with Gasteiger partial charge in [-0.15, -0.1) is 0 Å². The summed E-state index contributed by atoms with van der Waals surface area (Å²) in [6, 6.07) is 6.84. The lowest BCUT2D eigenvalue weighted by Gasteiger charge is -2.15. The first-order valence-corrected chi connectivity index (χ1v) is 5.65. The van der Waals surface area contributed by atoms with Crippen molar-refractivity contribution in [3.05, 3.63) is 35.6 Å². The van der Waals surface area contributed by atoms with E-state index in [2.05, 4.69) is 12.2 Å². The van der Waals surface area contributed by atoms with Gasteiger partial charge in [0.2, 0.25) is 0 Å². The van der Waals surface area contributed by atoms with Gasteiger partial charge in [0, 0.05) is 0 Å². The van der Waals surface area contributed by atoms with Crippen LogP contribution in [-0.2, 0) is 6.42 Å². The molecule has 84 valence electrons. The Morgan fingerprint density at radius 1 is 1.27 bits per heavy atom. The maximum absolute atomic E-state index is 12.7. The van der Waals surface area contributed by atoms with Gasteiger partial charge in [-0.3, -0.25) is 0 Å². The van der Waals surface area contributed by atoms with Crippen molar-refractivity contribution in [2.75, 3.05) is 13.6 Å². The van der Waals surface area contributed by atoms with E-state index in [0.717, 1.165) is 13.0 Å². The van der Waals surface area contributed by atoms with E-state index in [9.17, 15) is 4.39 Å². The van der Waals surface area contributed by atoms with E-state index in [1.54, 1.807) is 0 Å². The molecule has 0 aliphatic rings. The SMILES string of the molecule is CCCC(CNC)Cc1ccc(F)cc1. The molecule has 1 N–H and O–H groups in total. The molecule has 1 rings (SSSR count). The lowest BCUT2D eigenvalue weighted by atomic mass is 9.95. The highest BCUT2D eigenvalue weighted by molar-refractivity contribution is 5.16. The number of rotatable bonds is 6. The summed E-state index contributed by atoms with van der Waals surface area (Å²) < 4.78 is 12.7. The van der Waals surface area contributed by atoms with E-state index in [-0.39, 0.29) is 5.82 Å². The molecule has 0 amide bonds. The average Bonchev–Trinajstić information content (AvgIpc) is 2.22. The third-order valence-corrected chi connectivity index (χ3v) is 2.63. The summed E-state index contributed by atoms with van der Waals surface area (Å²) in [6.07, 6.45) is 3.46. The van der Waals surface area contributed by atoms with Crippen LogP contribution in [0.25, 0.3) is 0 Å². The summed E-state index contributed by atoms with van der Waals surface area (Å²) >= 11 is 0. The van der Waals surface area contributed by atoms with Crippen molar-refractivity contribution in [3.8, 4) is 0 Å². The molecule has 0 radical (unpaired) electrons. The van der Waals surface area contributed by atoms with Gasteiger partial charge in [-0.25, -0.2) is 4.39 Å². The first-order valence-electron chi connectivity index (χ1n) is 5.65. The second-order valence-corrected chi connectivity index (χ2v) is 4.04. The Kier molecular flexibility index (Phi) is 5.33. The third kappa shape index (κ3) is 4.43. The molecule has 0 aliphatic carbocycles. The van der Waals surface area contributed by atoms with Gasteiger partial charge < -0.3 is 5.32 Å². The second-order valence-electron chi connectivity index (χ2n) is 4.04. The summed E-state index contributed by atoms with van der Waals surface area (Å²) in [5.41, 5.74) is 1.23. The van der Waals surface area contributed by atoms with Gasteiger partial charge in [0.05, 0.1) is 0 Å². The minimum absolute atomic E-state index is 0.153. The summed E-state index contributed by atoms with van der Waals surface area (Å²) in [7, 11) is 1.98. The van der Waals surface area contributed by atoms with Crippen molar-refractivity contribution < 1.29 is 4.39 Å². The van der Waals surface area contributed by atoms with Crippen molar-refractivity contribution in [1.29, 1.82) is 0 Å². The van der Waals surface area contributed by atoms with Crippen LogP contribution in [0, 0.1) is 11.7 Å². The van der Waals surface area contributed by atoms with E-state index in [1.165, 1.54) is 30.5 Å². The monoisotopic (exact) mass is 209 g/mol. The van der Waals surface area contributed by atoms with E-state index >= 15 is 0 Å². The van der Waals surface area contributed by atoms with Crippen LogP contribution in [0.5, 0.6) is 0 Å². The zero-order chi connectivity index (χ0) is 11.1. The van der Waals surface area contributed by atoms with Gasteiger partial charge in [-0.2, -0.15) is 0 Å². The molecule has 2 heteroatoms. The zero-order valence-corrected chi connectivity index (χ0v) is 9.59. The van der Waals surface area contributed by atoms with Crippen molar-refractivity contribution >= 4 is 0 Å². The van der Waals surface area contributed by atoms with Crippen molar-refractivity contribution in [1.82, 2.24) is 5.32 Å². The molecule has 1 aromatic carbocycles. The standard InChI is InChI=1S/C13H20FN/c1-3-4-12(10-15-2)9-11-5-7-13(14)8-6-11/h5-8,12,15H,3-4,9-10H2,1-2H3. The number of benzene rings is 1. The second kappa shape index (κ2) is 6.57. The van der Waals surface area contributed by atoms with Crippen LogP contribution in [0.4, 0.5) is 4.39 Å². The normalized spacial score (nSPS) is 12.7. The van der Waals surface area contributed by atoms with Gasteiger partial charge in [0.25, 0.3) is 0 Å². The minimum Gasteiger partial charge on any atom is -0.319 e. The fourth-order valence-electron chi connectivity index (χ4n) is 1.93. The quantitative estimate of drug-likeness (QED) is 0.759. The Balaban J connectivity index is 2.53. The van der Waals surface area contributed by atoms with Gasteiger partial charge in [0.1, 0.15) is 5.82 Å². The van der Waals surface area contributed by atoms with Gasteiger partial charge in [-0.05, 0) is 50.0 Å².